The molecule has 0 aliphatic heterocycles. The summed E-state index contributed by atoms with van der Waals surface area (Å²) in [6, 6.07) is 9.22. The molecule has 0 saturated heterocycles. The van der Waals surface area contributed by atoms with Gasteiger partial charge in [-0.05, 0) is 43.7 Å². The van der Waals surface area contributed by atoms with Crippen LogP contribution in [-0.4, -0.2) is 51.3 Å². The standard InChI is InChI=1S/C22H31N5O4/c1-6-23-22(24-11-10-20(28)27-19-9-7-8-15(2)26-19)25-14-16-12-17(29-3)21(31-5)18(13-16)30-4/h7-9,12-13H,6,10-11,14H2,1-5H3,(H2,23,24,25)(H,26,27,28). The summed E-state index contributed by atoms with van der Waals surface area (Å²) in [5, 5.41) is 9.13. The lowest BCUT2D eigenvalue weighted by molar-refractivity contribution is -0.116. The highest BCUT2D eigenvalue weighted by atomic mass is 16.5. The monoisotopic (exact) mass is 429 g/mol. The highest BCUT2D eigenvalue weighted by molar-refractivity contribution is 5.90. The fraction of sp³-hybridized carbons (Fsp3) is 0.409. The van der Waals surface area contributed by atoms with Crippen molar-refractivity contribution in [2.45, 2.75) is 26.8 Å². The second-order valence-corrected chi connectivity index (χ2v) is 6.62. The smallest absolute Gasteiger partial charge is 0.227 e. The molecule has 2 aromatic rings. The maximum Gasteiger partial charge on any atom is 0.227 e. The Morgan fingerprint density at radius 3 is 2.35 bits per heavy atom. The Morgan fingerprint density at radius 1 is 1.06 bits per heavy atom. The third kappa shape index (κ3) is 7.36. The van der Waals surface area contributed by atoms with Crippen molar-refractivity contribution in [1.29, 1.82) is 0 Å². The molecule has 1 aromatic carbocycles. The molecule has 168 valence electrons. The number of pyridine rings is 1. The number of nitrogens with one attached hydrogen (secondary N) is 3. The van der Waals surface area contributed by atoms with Crippen molar-refractivity contribution in [3.05, 3.63) is 41.6 Å². The molecule has 0 fully saturated rings. The second kappa shape index (κ2) is 12.3. The minimum atomic E-state index is -0.119. The molecule has 0 atom stereocenters. The first-order chi connectivity index (χ1) is 15.0. The number of aliphatic imine (C=N–C) groups is 1. The van der Waals surface area contributed by atoms with Crippen LogP contribution >= 0.6 is 0 Å². The van der Waals surface area contributed by atoms with E-state index < -0.39 is 0 Å². The summed E-state index contributed by atoms with van der Waals surface area (Å²) >= 11 is 0. The first kappa shape index (κ1) is 23.8. The number of carbonyl (C=O) groups excluding carboxylic acids is 1. The number of benzene rings is 1. The van der Waals surface area contributed by atoms with E-state index in [1.165, 1.54) is 0 Å². The molecule has 3 N–H and O–H groups in total. The van der Waals surface area contributed by atoms with Crippen molar-refractivity contribution in [2.24, 2.45) is 4.99 Å². The van der Waals surface area contributed by atoms with E-state index in [9.17, 15) is 4.79 Å². The molecule has 9 nitrogen and oxygen atoms in total. The quantitative estimate of drug-likeness (QED) is 0.394. The Hall–Kier alpha value is -3.49. The maximum absolute atomic E-state index is 12.2. The van der Waals surface area contributed by atoms with Crippen LogP contribution in [0.25, 0.3) is 0 Å². The lowest BCUT2D eigenvalue weighted by Crippen LogP contribution is -2.38. The van der Waals surface area contributed by atoms with Gasteiger partial charge in [0.05, 0.1) is 27.9 Å². The van der Waals surface area contributed by atoms with E-state index in [-0.39, 0.29) is 12.3 Å². The highest BCUT2D eigenvalue weighted by Gasteiger charge is 2.13. The molecule has 0 radical (unpaired) electrons. The van der Waals surface area contributed by atoms with Crippen molar-refractivity contribution in [2.75, 3.05) is 39.7 Å². The molecule has 1 amide bonds. The number of anilines is 1. The SMILES string of the molecule is CCNC(=NCc1cc(OC)c(OC)c(OC)c1)NCCC(=O)Nc1cccc(C)n1. The van der Waals surface area contributed by atoms with Gasteiger partial charge in [-0.25, -0.2) is 9.98 Å². The number of hydrogen-bond acceptors (Lipinski definition) is 6. The zero-order valence-electron chi connectivity index (χ0n) is 18.7. The minimum Gasteiger partial charge on any atom is -0.493 e. The number of aryl methyl sites for hydroxylation is 1. The lowest BCUT2D eigenvalue weighted by atomic mass is 10.2. The number of nitrogens with zero attached hydrogens (tertiary/aromatic N) is 2. The van der Waals surface area contributed by atoms with E-state index in [0.29, 0.717) is 48.7 Å². The topological polar surface area (TPSA) is 106 Å². The Balaban J connectivity index is 1.96. The number of guanidine groups is 1. The van der Waals surface area contributed by atoms with Gasteiger partial charge in [0.25, 0.3) is 0 Å². The number of carbonyl (C=O) groups is 1. The molecule has 0 unspecified atom stereocenters. The average molecular weight is 430 g/mol. The molecule has 0 aliphatic rings. The number of methoxy groups -OCH3 is 3. The molecule has 1 aromatic heterocycles. The van der Waals surface area contributed by atoms with Gasteiger partial charge >= 0.3 is 0 Å². The van der Waals surface area contributed by atoms with Crippen LogP contribution in [0, 0.1) is 6.92 Å². The zero-order chi connectivity index (χ0) is 22.6. The van der Waals surface area contributed by atoms with Gasteiger partial charge in [-0.15, -0.1) is 0 Å². The summed E-state index contributed by atoms with van der Waals surface area (Å²) in [4.78, 5) is 21.0. The number of ether oxygens (including phenoxy) is 3. The van der Waals surface area contributed by atoms with Gasteiger partial charge in [-0.2, -0.15) is 0 Å². The van der Waals surface area contributed by atoms with E-state index in [4.69, 9.17) is 14.2 Å². The molecule has 2 rings (SSSR count). The number of amides is 1. The van der Waals surface area contributed by atoms with Crippen LogP contribution in [0.1, 0.15) is 24.6 Å². The van der Waals surface area contributed by atoms with Crippen molar-refractivity contribution in [3.8, 4) is 17.2 Å². The fourth-order valence-corrected chi connectivity index (χ4v) is 2.85. The Kier molecular flexibility index (Phi) is 9.41. The van der Waals surface area contributed by atoms with E-state index in [0.717, 1.165) is 11.3 Å². The van der Waals surface area contributed by atoms with E-state index in [2.05, 4.69) is 25.9 Å². The summed E-state index contributed by atoms with van der Waals surface area (Å²) in [5.41, 5.74) is 1.75. The van der Waals surface area contributed by atoms with Gasteiger partial charge < -0.3 is 30.2 Å². The maximum atomic E-state index is 12.2. The number of rotatable bonds is 10. The molecule has 9 heteroatoms. The van der Waals surface area contributed by atoms with Gasteiger partial charge in [0, 0.05) is 25.2 Å². The normalized spacial score (nSPS) is 10.9. The molecular formula is C22H31N5O4. The molecular weight excluding hydrogens is 398 g/mol. The second-order valence-electron chi connectivity index (χ2n) is 6.62. The van der Waals surface area contributed by atoms with Crippen molar-refractivity contribution in [3.63, 3.8) is 0 Å². The Morgan fingerprint density at radius 2 is 1.77 bits per heavy atom. The fourth-order valence-electron chi connectivity index (χ4n) is 2.85. The van der Waals surface area contributed by atoms with Crippen molar-refractivity contribution >= 4 is 17.7 Å². The van der Waals surface area contributed by atoms with Crippen LogP contribution in [-0.2, 0) is 11.3 Å². The zero-order valence-corrected chi connectivity index (χ0v) is 18.7. The van der Waals surface area contributed by atoms with Crippen molar-refractivity contribution < 1.29 is 19.0 Å². The predicted octanol–water partition coefficient (Wildman–Crippen LogP) is 2.50. The summed E-state index contributed by atoms with van der Waals surface area (Å²) < 4.78 is 16.1. The first-order valence-electron chi connectivity index (χ1n) is 10.0. The summed E-state index contributed by atoms with van der Waals surface area (Å²) in [6.07, 6.45) is 0.282. The van der Waals surface area contributed by atoms with Gasteiger partial charge in [0.15, 0.2) is 17.5 Å². The summed E-state index contributed by atoms with van der Waals surface area (Å²) in [7, 11) is 4.72. The summed E-state index contributed by atoms with van der Waals surface area (Å²) in [6.45, 7) is 5.38. The third-order valence-corrected chi connectivity index (χ3v) is 4.29. The first-order valence-corrected chi connectivity index (χ1v) is 10.0. The summed E-state index contributed by atoms with van der Waals surface area (Å²) in [5.74, 6) is 2.73. The van der Waals surface area contributed by atoms with Crippen LogP contribution < -0.4 is 30.2 Å². The third-order valence-electron chi connectivity index (χ3n) is 4.29. The Bertz CT molecular complexity index is 876. The molecule has 1 heterocycles. The molecule has 0 spiro atoms. The lowest BCUT2D eigenvalue weighted by Gasteiger charge is -2.14. The molecule has 31 heavy (non-hydrogen) atoms. The van der Waals surface area contributed by atoms with Crippen LogP contribution in [0.4, 0.5) is 5.82 Å². The Labute approximate surface area is 183 Å². The van der Waals surface area contributed by atoms with Crippen LogP contribution in [0.5, 0.6) is 17.2 Å². The van der Waals surface area contributed by atoms with Crippen LogP contribution in [0.15, 0.2) is 35.3 Å². The van der Waals surface area contributed by atoms with Gasteiger partial charge in [-0.3, -0.25) is 4.79 Å². The molecule has 0 saturated carbocycles. The van der Waals surface area contributed by atoms with Gasteiger partial charge in [0.2, 0.25) is 11.7 Å². The molecule has 0 aliphatic carbocycles. The van der Waals surface area contributed by atoms with Crippen LogP contribution in [0.2, 0.25) is 0 Å². The van der Waals surface area contributed by atoms with Gasteiger partial charge in [-0.1, -0.05) is 6.07 Å². The highest BCUT2D eigenvalue weighted by Crippen LogP contribution is 2.38. The van der Waals surface area contributed by atoms with Gasteiger partial charge in [0.1, 0.15) is 5.82 Å². The largest absolute Gasteiger partial charge is 0.493 e. The number of aromatic nitrogens is 1. The van der Waals surface area contributed by atoms with E-state index in [1.807, 2.05) is 38.1 Å². The van der Waals surface area contributed by atoms with Crippen molar-refractivity contribution in [1.82, 2.24) is 15.6 Å². The minimum absolute atomic E-state index is 0.119. The average Bonchev–Trinajstić information content (AvgIpc) is 2.76. The molecule has 0 bridgehead atoms. The van der Waals surface area contributed by atoms with E-state index >= 15 is 0 Å². The number of hydrogen-bond donors (Lipinski definition) is 3. The van der Waals surface area contributed by atoms with E-state index in [1.54, 1.807) is 27.4 Å². The predicted molar refractivity (Wildman–Crippen MR) is 121 cm³/mol. The van der Waals surface area contributed by atoms with Crippen LogP contribution in [0.3, 0.4) is 0 Å².